The highest BCUT2D eigenvalue weighted by Gasteiger charge is 2.30. The first kappa shape index (κ1) is 12.1. The summed E-state index contributed by atoms with van der Waals surface area (Å²) in [6, 6.07) is -0.555. The molecule has 0 bridgehead atoms. The standard InChI is InChI=1S/C12H19N3O2/c1-8(2)10(12(16)17)15-7-13-14-11(15)9-5-3-4-6-9/h7-10H,3-6H2,1-2H3,(H,16,17). The average molecular weight is 237 g/mol. The van der Waals surface area contributed by atoms with Crippen molar-refractivity contribution in [2.45, 2.75) is 51.5 Å². The zero-order valence-electron chi connectivity index (χ0n) is 10.3. The summed E-state index contributed by atoms with van der Waals surface area (Å²) < 4.78 is 1.75. The Kier molecular flexibility index (Phi) is 3.45. The van der Waals surface area contributed by atoms with Gasteiger partial charge in [0.1, 0.15) is 18.2 Å². The topological polar surface area (TPSA) is 68.0 Å². The van der Waals surface area contributed by atoms with E-state index in [1.54, 1.807) is 10.9 Å². The van der Waals surface area contributed by atoms with E-state index in [1.807, 2.05) is 13.8 Å². The minimum Gasteiger partial charge on any atom is -0.480 e. The summed E-state index contributed by atoms with van der Waals surface area (Å²) in [6.45, 7) is 3.83. The van der Waals surface area contributed by atoms with Crippen molar-refractivity contribution >= 4 is 5.97 Å². The Morgan fingerprint density at radius 3 is 2.65 bits per heavy atom. The first-order valence-corrected chi connectivity index (χ1v) is 6.23. The molecule has 0 saturated heterocycles. The largest absolute Gasteiger partial charge is 0.480 e. The molecule has 1 N–H and O–H groups in total. The molecular formula is C12H19N3O2. The second-order valence-electron chi connectivity index (χ2n) is 5.10. The quantitative estimate of drug-likeness (QED) is 0.871. The van der Waals surface area contributed by atoms with Gasteiger partial charge >= 0.3 is 5.97 Å². The van der Waals surface area contributed by atoms with Crippen molar-refractivity contribution in [2.24, 2.45) is 5.92 Å². The van der Waals surface area contributed by atoms with Crippen molar-refractivity contribution < 1.29 is 9.90 Å². The van der Waals surface area contributed by atoms with Crippen molar-refractivity contribution in [3.8, 4) is 0 Å². The lowest BCUT2D eigenvalue weighted by molar-refractivity contribution is -0.142. The molecule has 1 aliphatic carbocycles. The van der Waals surface area contributed by atoms with Gasteiger partial charge in [-0.05, 0) is 18.8 Å². The van der Waals surface area contributed by atoms with E-state index in [0.29, 0.717) is 5.92 Å². The van der Waals surface area contributed by atoms with Gasteiger partial charge in [-0.25, -0.2) is 4.79 Å². The predicted octanol–water partition coefficient (Wildman–Crippen LogP) is 2.22. The minimum atomic E-state index is -0.806. The second-order valence-corrected chi connectivity index (χ2v) is 5.10. The van der Waals surface area contributed by atoms with Crippen LogP contribution in [0.3, 0.4) is 0 Å². The van der Waals surface area contributed by atoms with Gasteiger partial charge in [0.2, 0.25) is 0 Å². The van der Waals surface area contributed by atoms with Crippen molar-refractivity contribution in [3.05, 3.63) is 12.2 Å². The highest BCUT2D eigenvalue weighted by molar-refractivity contribution is 5.72. The van der Waals surface area contributed by atoms with E-state index in [1.165, 1.54) is 12.8 Å². The van der Waals surface area contributed by atoms with Gasteiger partial charge in [-0.3, -0.25) is 0 Å². The lowest BCUT2D eigenvalue weighted by Gasteiger charge is -2.21. The van der Waals surface area contributed by atoms with Gasteiger partial charge in [0.15, 0.2) is 0 Å². The van der Waals surface area contributed by atoms with Crippen LogP contribution in [0.15, 0.2) is 6.33 Å². The fourth-order valence-electron chi connectivity index (χ4n) is 2.67. The fourth-order valence-corrected chi connectivity index (χ4v) is 2.67. The van der Waals surface area contributed by atoms with Crippen LogP contribution in [0.5, 0.6) is 0 Å². The van der Waals surface area contributed by atoms with Crippen LogP contribution < -0.4 is 0 Å². The van der Waals surface area contributed by atoms with Crippen LogP contribution in [0.4, 0.5) is 0 Å². The lowest BCUT2D eigenvalue weighted by atomic mass is 10.0. The summed E-state index contributed by atoms with van der Waals surface area (Å²) in [5.41, 5.74) is 0. The summed E-state index contributed by atoms with van der Waals surface area (Å²) in [6.07, 6.45) is 6.17. The maximum absolute atomic E-state index is 11.3. The zero-order chi connectivity index (χ0) is 12.4. The maximum atomic E-state index is 11.3. The first-order valence-electron chi connectivity index (χ1n) is 6.23. The smallest absolute Gasteiger partial charge is 0.327 e. The summed E-state index contributed by atoms with van der Waals surface area (Å²) in [5.74, 6) is 0.462. The molecule has 1 aromatic heterocycles. The molecule has 0 aromatic carbocycles. The van der Waals surface area contributed by atoms with E-state index in [-0.39, 0.29) is 5.92 Å². The molecule has 0 amide bonds. The number of hydrogen-bond donors (Lipinski definition) is 1. The monoisotopic (exact) mass is 237 g/mol. The van der Waals surface area contributed by atoms with Gasteiger partial charge in [0, 0.05) is 5.92 Å². The number of hydrogen-bond acceptors (Lipinski definition) is 3. The molecule has 94 valence electrons. The highest BCUT2D eigenvalue weighted by Crippen LogP contribution is 2.34. The predicted molar refractivity (Wildman–Crippen MR) is 62.7 cm³/mol. The van der Waals surface area contributed by atoms with E-state index in [4.69, 9.17) is 0 Å². The molecule has 1 aromatic rings. The van der Waals surface area contributed by atoms with Crippen LogP contribution in [0.25, 0.3) is 0 Å². The summed E-state index contributed by atoms with van der Waals surface area (Å²) in [5, 5.41) is 17.3. The van der Waals surface area contributed by atoms with Gasteiger partial charge in [0.05, 0.1) is 0 Å². The summed E-state index contributed by atoms with van der Waals surface area (Å²) in [7, 11) is 0. The molecule has 1 fully saturated rings. The molecular weight excluding hydrogens is 218 g/mol. The van der Waals surface area contributed by atoms with E-state index < -0.39 is 12.0 Å². The molecule has 1 unspecified atom stereocenters. The van der Waals surface area contributed by atoms with Gasteiger partial charge in [-0.2, -0.15) is 0 Å². The van der Waals surface area contributed by atoms with Crippen molar-refractivity contribution in [1.29, 1.82) is 0 Å². The number of nitrogens with zero attached hydrogens (tertiary/aromatic N) is 3. The van der Waals surface area contributed by atoms with Gasteiger partial charge in [0.25, 0.3) is 0 Å². The van der Waals surface area contributed by atoms with Crippen LogP contribution in [0.1, 0.15) is 57.3 Å². The Hall–Kier alpha value is -1.39. The molecule has 5 nitrogen and oxygen atoms in total. The van der Waals surface area contributed by atoms with Gasteiger partial charge < -0.3 is 9.67 Å². The summed E-state index contributed by atoms with van der Waals surface area (Å²) >= 11 is 0. The average Bonchev–Trinajstić information content (AvgIpc) is 2.84. The zero-order valence-corrected chi connectivity index (χ0v) is 10.3. The number of rotatable bonds is 4. The number of carboxylic acid groups (broad SMARTS) is 1. The molecule has 0 spiro atoms. The fraction of sp³-hybridized carbons (Fsp3) is 0.750. The van der Waals surface area contributed by atoms with Crippen LogP contribution in [0.2, 0.25) is 0 Å². The van der Waals surface area contributed by atoms with Gasteiger partial charge in [-0.1, -0.05) is 26.7 Å². The number of carboxylic acids is 1. The third-order valence-corrected chi connectivity index (χ3v) is 3.51. The van der Waals surface area contributed by atoms with Crippen LogP contribution in [-0.2, 0) is 4.79 Å². The Morgan fingerprint density at radius 2 is 2.12 bits per heavy atom. The molecule has 2 rings (SSSR count). The lowest BCUT2D eigenvalue weighted by Crippen LogP contribution is -2.26. The van der Waals surface area contributed by atoms with Crippen LogP contribution in [-0.4, -0.2) is 25.8 Å². The van der Waals surface area contributed by atoms with E-state index >= 15 is 0 Å². The molecule has 5 heteroatoms. The SMILES string of the molecule is CC(C)C(C(=O)O)n1cnnc1C1CCCC1. The molecule has 1 atom stereocenters. The summed E-state index contributed by atoms with van der Waals surface area (Å²) in [4.78, 5) is 11.3. The Bertz CT molecular complexity index is 394. The normalized spacial score (nSPS) is 18.8. The second kappa shape index (κ2) is 4.85. The first-order chi connectivity index (χ1) is 8.11. The molecule has 1 heterocycles. The molecule has 1 saturated carbocycles. The number of carbonyl (C=O) groups is 1. The minimum absolute atomic E-state index is 0.0312. The van der Waals surface area contributed by atoms with Crippen molar-refractivity contribution in [3.63, 3.8) is 0 Å². The number of aromatic nitrogens is 3. The van der Waals surface area contributed by atoms with Gasteiger partial charge in [-0.15, -0.1) is 10.2 Å². The highest BCUT2D eigenvalue weighted by atomic mass is 16.4. The molecule has 17 heavy (non-hydrogen) atoms. The Labute approximate surface area is 101 Å². The number of aliphatic carboxylic acids is 1. The van der Waals surface area contributed by atoms with Crippen molar-refractivity contribution in [1.82, 2.24) is 14.8 Å². The third kappa shape index (κ3) is 2.33. The Morgan fingerprint density at radius 1 is 1.47 bits per heavy atom. The van der Waals surface area contributed by atoms with E-state index in [2.05, 4.69) is 10.2 Å². The van der Waals surface area contributed by atoms with E-state index in [9.17, 15) is 9.90 Å². The maximum Gasteiger partial charge on any atom is 0.327 e. The van der Waals surface area contributed by atoms with E-state index in [0.717, 1.165) is 18.7 Å². The molecule has 0 aliphatic heterocycles. The van der Waals surface area contributed by atoms with Crippen LogP contribution >= 0.6 is 0 Å². The third-order valence-electron chi connectivity index (χ3n) is 3.51. The molecule has 1 aliphatic rings. The van der Waals surface area contributed by atoms with Crippen molar-refractivity contribution in [2.75, 3.05) is 0 Å². The molecule has 0 radical (unpaired) electrons. The Balaban J connectivity index is 2.30. The van der Waals surface area contributed by atoms with Crippen LogP contribution in [0, 0.1) is 5.92 Å².